The molecule has 0 amide bonds. The number of phosphoric ester groups is 1. The summed E-state index contributed by atoms with van der Waals surface area (Å²) in [4.78, 5) is 0. The van der Waals surface area contributed by atoms with Gasteiger partial charge >= 0.3 is 7.82 Å². The molecule has 2 aromatic rings. The molecule has 2 aromatic carbocycles. The predicted molar refractivity (Wildman–Crippen MR) is 95.0 cm³/mol. The SMILES string of the molecule is O=P(OCc1ccccc1)(OCc1ccccc1)OCC1CCCO1. The molecule has 0 radical (unpaired) electrons. The third-order valence-corrected chi connectivity index (χ3v) is 5.26. The van der Waals surface area contributed by atoms with E-state index in [2.05, 4.69) is 0 Å². The van der Waals surface area contributed by atoms with Crippen molar-refractivity contribution < 1.29 is 22.9 Å². The van der Waals surface area contributed by atoms with E-state index >= 15 is 0 Å². The molecular formula is C19H23O5P. The minimum Gasteiger partial charge on any atom is -0.376 e. The first-order valence-corrected chi connectivity index (χ1v) is 9.93. The van der Waals surface area contributed by atoms with Gasteiger partial charge in [0.2, 0.25) is 0 Å². The number of rotatable bonds is 9. The first kappa shape index (κ1) is 18.3. The molecule has 0 bridgehead atoms. The minimum atomic E-state index is -3.68. The van der Waals surface area contributed by atoms with Gasteiger partial charge in [-0.05, 0) is 24.0 Å². The van der Waals surface area contributed by atoms with Crippen molar-refractivity contribution in [3.8, 4) is 0 Å². The average Bonchev–Trinajstić information content (AvgIpc) is 3.19. The Labute approximate surface area is 148 Å². The summed E-state index contributed by atoms with van der Waals surface area (Å²) in [6.45, 7) is 1.26. The monoisotopic (exact) mass is 362 g/mol. The fraction of sp³-hybridized carbons (Fsp3) is 0.368. The van der Waals surface area contributed by atoms with Crippen LogP contribution in [0.15, 0.2) is 60.7 Å². The summed E-state index contributed by atoms with van der Waals surface area (Å²) >= 11 is 0. The highest BCUT2D eigenvalue weighted by molar-refractivity contribution is 7.48. The summed E-state index contributed by atoms with van der Waals surface area (Å²) in [7, 11) is -3.68. The van der Waals surface area contributed by atoms with Crippen LogP contribution in [0, 0.1) is 0 Å². The van der Waals surface area contributed by atoms with Crippen LogP contribution in [0.4, 0.5) is 0 Å². The Hall–Kier alpha value is -1.49. The van der Waals surface area contributed by atoms with Crippen molar-refractivity contribution in [3.05, 3.63) is 71.8 Å². The van der Waals surface area contributed by atoms with Crippen molar-refractivity contribution >= 4 is 7.82 Å². The zero-order valence-electron chi connectivity index (χ0n) is 14.1. The molecule has 5 nitrogen and oxygen atoms in total. The van der Waals surface area contributed by atoms with E-state index in [9.17, 15) is 4.57 Å². The molecule has 1 aliphatic rings. The van der Waals surface area contributed by atoms with Crippen molar-refractivity contribution in [3.63, 3.8) is 0 Å². The molecule has 1 unspecified atom stereocenters. The normalized spacial score (nSPS) is 17.7. The Kier molecular flexibility index (Phi) is 6.79. The van der Waals surface area contributed by atoms with E-state index in [4.69, 9.17) is 18.3 Å². The van der Waals surface area contributed by atoms with Crippen LogP contribution in [0.1, 0.15) is 24.0 Å². The second-order valence-corrected chi connectivity index (χ2v) is 7.57. The van der Waals surface area contributed by atoms with Crippen LogP contribution in [0.5, 0.6) is 0 Å². The van der Waals surface area contributed by atoms with Crippen LogP contribution < -0.4 is 0 Å². The predicted octanol–water partition coefficient (Wildman–Crippen LogP) is 4.72. The molecular weight excluding hydrogens is 339 g/mol. The van der Waals surface area contributed by atoms with Gasteiger partial charge in [0.25, 0.3) is 0 Å². The van der Waals surface area contributed by atoms with Gasteiger partial charge in [-0.25, -0.2) is 4.57 Å². The topological polar surface area (TPSA) is 54.0 Å². The second-order valence-electron chi connectivity index (χ2n) is 5.90. The number of phosphoric acid groups is 1. The maximum absolute atomic E-state index is 13.0. The Morgan fingerprint density at radius 3 is 1.92 bits per heavy atom. The van der Waals surface area contributed by atoms with E-state index in [1.54, 1.807) is 0 Å². The first-order valence-electron chi connectivity index (χ1n) is 8.47. The molecule has 0 spiro atoms. The molecule has 1 saturated heterocycles. The fourth-order valence-corrected chi connectivity index (χ4v) is 3.70. The van der Waals surface area contributed by atoms with Gasteiger partial charge in [-0.2, -0.15) is 0 Å². The summed E-state index contributed by atoms with van der Waals surface area (Å²) in [5.41, 5.74) is 1.82. The Morgan fingerprint density at radius 2 is 1.44 bits per heavy atom. The lowest BCUT2D eigenvalue weighted by Gasteiger charge is -2.20. The van der Waals surface area contributed by atoms with Crippen LogP contribution >= 0.6 is 7.82 Å². The number of ether oxygens (including phenoxy) is 1. The molecule has 134 valence electrons. The molecule has 0 N–H and O–H groups in total. The van der Waals surface area contributed by atoms with E-state index in [-0.39, 0.29) is 25.9 Å². The molecule has 1 heterocycles. The fourth-order valence-electron chi connectivity index (χ4n) is 2.52. The van der Waals surface area contributed by atoms with Gasteiger partial charge in [-0.3, -0.25) is 13.6 Å². The van der Waals surface area contributed by atoms with Crippen LogP contribution in [-0.2, 0) is 36.1 Å². The standard InChI is InChI=1S/C19H23O5P/c20-25(24-16-19-12-7-13-21-19,22-14-17-8-3-1-4-9-17)23-15-18-10-5-2-6-11-18/h1-6,8-11,19H,7,12-16H2. The highest BCUT2D eigenvalue weighted by Crippen LogP contribution is 2.51. The third-order valence-electron chi connectivity index (χ3n) is 3.91. The minimum absolute atomic E-state index is 0.0472. The van der Waals surface area contributed by atoms with Crippen molar-refractivity contribution in [1.29, 1.82) is 0 Å². The zero-order chi connectivity index (χ0) is 17.4. The lowest BCUT2D eigenvalue weighted by molar-refractivity contribution is 0.0363. The molecule has 3 rings (SSSR count). The average molecular weight is 362 g/mol. The van der Waals surface area contributed by atoms with Gasteiger partial charge in [0.15, 0.2) is 0 Å². The van der Waals surface area contributed by atoms with Crippen LogP contribution in [-0.4, -0.2) is 19.3 Å². The van der Waals surface area contributed by atoms with E-state index in [0.29, 0.717) is 6.61 Å². The maximum atomic E-state index is 13.0. The van der Waals surface area contributed by atoms with Gasteiger partial charge in [0.05, 0.1) is 25.9 Å². The summed E-state index contributed by atoms with van der Waals surface area (Å²) in [6, 6.07) is 19.1. The Bertz CT molecular complexity index is 623. The van der Waals surface area contributed by atoms with Crippen molar-refractivity contribution in [1.82, 2.24) is 0 Å². The van der Waals surface area contributed by atoms with E-state index in [0.717, 1.165) is 24.0 Å². The largest absolute Gasteiger partial charge is 0.475 e. The molecule has 0 saturated carbocycles. The number of hydrogen-bond donors (Lipinski definition) is 0. The van der Waals surface area contributed by atoms with Gasteiger partial charge in [0, 0.05) is 6.61 Å². The molecule has 1 atom stereocenters. The van der Waals surface area contributed by atoms with Gasteiger partial charge in [-0.15, -0.1) is 0 Å². The number of benzene rings is 2. The van der Waals surface area contributed by atoms with Gasteiger partial charge in [-0.1, -0.05) is 60.7 Å². The quantitative estimate of drug-likeness (QED) is 0.604. The highest BCUT2D eigenvalue weighted by Gasteiger charge is 2.29. The second kappa shape index (κ2) is 9.27. The smallest absolute Gasteiger partial charge is 0.376 e. The maximum Gasteiger partial charge on any atom is 0.475 e. The van der Waals surface area contributed by atoms with Crippen molar-refractivity contribution in [2.45, 2.75) is 32.2 Å². The van der Waals surface area contributed by atoms with E-state index in [1.807, 2.05) is 60.7 Å². The van der Waals surface area contributed by atoms with E-state index in [1.165, 1.54) is 0 Å². The highest BCUT2D eigenvalue weighted by atomic mass is 31.2. The lowest BCUT2D eigenvalue weighted by atomic mass is 10.2. The molecule has 1 fully saturated rings. The molecule has 0 aromatic heterocycles. The summed E-state index contributed by atoms with van der Waals surface area (Å²) in [6.07, 6.45) is 1.85. The lowest BCUT2D eigenvalue weighted by Crippen LogP contribution is -2.14. The van der Waals surface area contributed by atoms with Crippen LogP contribution in [0.25, 0.3) is 0 Å². The Morgan fingerprint density at radius 1 is 0.880 bits per heavy atom. The molecule has 0 aliphatic carbocycles. The van der Waals surface area contributed by atoms with Crippen molar-refractivity contribution in [2.24, 2.45) is 0 Å². The molecule has 6 heteroatoms. The molecule has 25 heavy (non-hydrogen) atoms. The van der Waals surface area contributed by atoms with Gasteiger partial charge in [0.1, 0.15) is 0 Å². The Balaban J connectivity index is 1.60. The van der Waals surface area contributed by atoms with Crippen LogP contribution in [0.2, 0.25) is 0 Å². The zero-order valence-corrected chi connectivity index (χ0v) is 15.0. The number of hydrogen-bond acceptors (Lipinski definition) is 5. The van der Waals surface area contributed by atoms with Crippen LogP contribution in [0.3, 0.4) is 0 Å². The summed E-state index contributed by atoms with van der Waals surface area (Å²) < 4.78 is 35.2. The van der Waals surface area contributed by atoms with E-state index < -0.39 is 7.82 Å². The first-order chi connectivity index (χ1) is 12.2. The molecule has 1 aliphatic heterocycles. The summed E-state index contributed by atoms with van der Waals surface area (Å²) in [5.74, 6) is 0. The van der Waals surface area contributed by atoms with Gasteiger partial charge < -0.3 is 4.74 Å². The summed E-state index contributed by atoms with van der Waals surface area (Å²) in [5, 5.41) is 0. The van der Waals surface area contributed by atoms with Crippen molar-refractivity contribution in [2.75, 3.05) is 13.2 Å². The third kappa shape index (κ3) is 6.07.